The highest BCUT2D eigenvalue weighted by atomic mass is 35.5. The summed E-state index contributed by atoms with van der Waals surface area (Å²) in [5, 5.41) is 9.35. The Morgan fingerprint density at radius 1 is 1.48 bits per heavy atom. The maximum absolute atomic E-state index is 10.6. The van der Waals surface area contributed by atoms with E-state index in [1.54, 1.807) is 6.08 Å². The second-order valence-corrected chi connectivity index (χ2v) is 6.40. The van der Waals surface area contributed by atoms with Crippen LogP contribution in [0.4, 0.5) is 5.69 Å². The van der Waals surface area contributed by atoms with E-state index in [0.717, 1.165) is 30.3 Å². The molecule has 0 unspecified atom stereocenters. The lowest BCUT2D eigenvalue weighted by Crippen LogP contribution is -2.28. The molecule has 1 aromatic rings. The molecule has 1 aromatic carbocycles. The first kappa shape index (κ1) is 15.9. The fourth-order valence-corrected chi connectivity index (χ4v) is 2.61. The standard InChI is InChI=1S/C17H22ClNO2/c1-12(2)9-10-19(14-5-6-14)16-7-3-13(11-15(16)18)4-8-17(20)21/h3-4,7-8,11-12,14H,5-6,9-10H2,1-2H3,(H,20,21)/b8-4+. The quantitative estimate of drug-likeness (QED) is 0.756. The predicted molar refractivity (Wildman–Crippen MR) is 87.9 cm³/mol. The molecule has 1 fully saturated rings. The van der Waals surface area contributed by atoms with Crippen molar-refractivity contribution in [1.82, 2.24) is 0 Å². The highest BCUT2D eigenvalue weighted by molar-refractivity contribution is 6.33. The molecular weight excluding hydrogens is 286 g/mol. The van der Waals surface area contributed by atoms with Gasteiger partial charge >= 0.3 is 5.97 Å². The van der Waals surface area contributed by atoms with E-state index in [4.69, 9.17) is 16.7 Å². The molecule has 1 N–H and O–H groups in total. The molecule has 0 bridgehead atoms. The number of anilines is 1. The van der Waals surface area contributed by atoms with Gasteiger partial charge in [0, 0.05) is 18.7 Å². The van der Waals surface area contributed by atoms with Crippen LogP contribution in [0.2, 0.25) is 5.02 Å². The van der Waals surface area contributed by atoms with Crippen LogP contribution in [0.5, 0.6) is 0 Å². The van der Waals surface area contributed by atoms with Crippen LogP contribution in [0.3, 0.4) is 0 Å². The van der Waals surface area contributed by atoms with Gasteiger partial charge in [-0.05, 0) is 49.0 Å². The second-order valence-electron chi connectivity index (χ2n) is 5.99. The number of benzene rings is 1. The minimum absolute atomic E-state index is 0.613. The number of carboxylic acids is 1. The third kappa shape index (κ3) is 4.78. The number of halogens is 1. The lowest BCUT2D eigenvalue weighted by Gasteiger charge is -2.26. The van der Waals surface area contributed by atoms with Crippen LogP contribution in [-0.4, -0.2) is 23.7 Å². The summed E-state index contributed by atoms with van der Waals surface area (Å²) in [5.74, 6) is -0.283. The lowest BCUT2D eigenvalue weighted by molar-refractivity contribution is -0.131. The number of hydrogen-bond acceptors (Lipinski definition) is 2. The Kier molecular flexibility index (Phi) is 5.29. The van der Waals surface area contributed by atoms with Crippen LogP contribution in [-0.2, 0) is 4.79 Å². The minimum Gasteiger partial charge on any atom is -0.478 e. The monoisotopic (exact) mass is 307 g/mol. The van der Waals surface area contributed by atoms with Crippen molar-refractivity contribution >= 4 is 29.3 Å². The smallest absolute Gasteiger partial charge is 0.328 e. The molecule has 0 spiro atoms. The molecular formula is C17H22ClNO2. The van der Waals surface area contributed by atoms with Gasteiger partial charge in [0.2, 0.25) is 0 Å². The molecule has 0 aliphatic heterocycles. The van der Waals surface area contributed by atoms with E-state index in [0.29, 0.717) is 17.0 Å². The number of carbonyl (C=O) groups is 1. The van der Waals surface area contributed by atoms with Gasteiger partial charge in [-0.15, -0.1) is 0 Å². The van der Waals surface area contributed by atoms with Gasteiger partial charge in [-0.3, -0.25) is 0 Å². The zero-order chi connectivity index (χ0) is 15.4. The molecule has 0 radical (unpaired) electrons. The van der Waals surface area contributed by atoms with Crippen LogP contribution in [0.15, 0.2) is 24.3 Å². The summed E-state index contributed by atoms with van der Waals surface area (Å²) in [6.07, 6.45) is 6.30. The maximum atomic E-state index is 10.6. The van der Waals surface area contributed by atoms with Crippen molar-refractivity contribution in [3.63, 3.8) is 0 Å². The van der Waals surface area contributed by atoms with Gasteiger partial charge in [-0.1, -0.05) is 31.5 Å². The molecule has 1 aliphatic rings. The van der Waals surface area contributed by atoms with Crippen molar-refractivity contribution in [3.05, 3.63) is 34.9 Å². The largest absolute Gasteiger partial charge is 0.478 e. The van der Waals surface area contributed by atoms with Crippen LogP contribution >= 0.6 is 11.6 Å². The Labute approximate surface area is 131 Å². The zero-order valence-corrected chi connectivity index (χ0v) is 13.3. The number of hydrogen-bond donors (Lipinski definition) is 1. The average Bonchev–Trinajstić information content (AvgIpc) is 3.22. The van der Waals surface area contributed by atoms with Crippen LogP contribution in [0.25, 0.3) is 6.08 Å². The summed E-state index contributed by atoms with van der Waals surface area (Å²) >= 11 is 6.40. The highest BCUT2D eigenvalue weighted by Crippen LogP contribution is 2.36. The maximum Gasteiger partial charge on any atom is 0.328 e. The topological polar surface area (TPSA) is 40.5 Å². The molecule has 0 aromatic heterocycles. The zero-order valence-electron chi connectivity index (χ0n) is 12.6. The van der Waals surface area contributed by atoms with Crippen LogP contribution < -0.4 is 4.90 Å². The van der Waals surface area contributed by atoms with Crippen molar-refractivity contribution < 1.29 is 9.90 Å². The Hall–Kier alpha value is -1.48. The van der Waals surface area contributed by atoms with Crippen molar-refractivity contribution in [2.45, 2.75) is 39.2 Å². The fourth-order valence-electron chi connectivity index (χ4n) is 2.31. The SMILES string of the molecule is CC(C)CCN(c1ccc(/C=C/C(=O)O)cc1Cl)C1CC1. The van der Waals surface area contributed by atoms with Gasteiger partial charge in [-0.25, -0.2) is 4.79 Å². The first-order valence-corrected chi connectivity index (χ1v) is 7.82. The van der Waals surface area contributed by atoms with E-state index in [2.05, 4.69) is 18.7 Å². The molecule has 0 amide bonds. The first-order valence-electron chi connectivity index (χ1n) is 7.44. The summed E-state index contributed by atoms with van der Waals surface area (Å²) in [6, 6.07) is 6.37. The number of carboxylic acid groups (broad SMARTS) is 1. The summed E-state index contributed by atoms with van der Waals surface area (Å²) in [4.78, 5) is 12.9. The average molecular weight is 308 g/mol. The van der Waals surface area contributed by atoms with Crippen molar-refractivity contribution in [2.75, 3.05) is 11.4 Å². The fraction of sp³-hybridized carbons (Fsp3) is 0.471. The molecule has 4 heteroatoms. The molecule has 1 saturated carbocycles. The third-order valence-electron chi connectivity index (χ3n) is 3.63. The Bertz CT molecular complexity index is 536. The van der Waals surface area contributed by atoms with E-state index in [9.17, 15) is 4.79 Å². The number of rotatable bonds is 7. The van der Waals surface area contributed by atoms with E-state index in [1.807, 2.05) is 18.2 Å². The Morgan fingerprint density at radius 2 is 2.19 bits per heavy atom. The van der Waals surface area contributed by atoms with Crippen molar-refractivity contribution in [1.29, 1.82) is 0 Å². The van der Waals surface area contributed by atoms with Gasteiger partial charge in [0.05, 0.1) is 10.7 Å². The molecule has 0 heterocycles. The predicted octanol–water partition coefficient (Wildman–Crippen LogP) is 4.45. The summed E-state index contributed by atoms with van der Waals surface area (Å²) in [5.41, 5.74) is 1.87. The number of aliphatic carboxylic acids is 1. The van der Waals surface area contributed by atoms with Gasteiger partial charge in [0.25, 0.3) is 0 Å². The van der Waals surface area contributed by atoms with Crippen molar-refractivity contribution in [2.24, 2.45) is 5.92 Å². The van der Waals surface area contributed by atoms with Gasteiger partial charge in [0.15, 0.2) is 0 Å². The molecule has 114 valence electrons. The molecule has 3 nitrogen and oxygen atoms in total. The lowest BCUT2D eigenvalue weighted by atomic mass is 10.1. The van der Waals surface area contributed by atoms with Crippen LogP contribution in [0, 0.1) is 5.92 Å². The molecule has 2 rings (SSSR count). The molecule has 1 aliphatic carbocycles. The van der Waals surface area contributed by atoms with Gasteiger partial charge in [-0.2, -0.15) is 0 Å². The Balaban J connectivity index is 2.15. The molecule has 0 saturated heterocycles. The van der Waals surface area contributed by atoms with E-state index >= 15 is 0 Å². The van der Waals surface area contributed by atoms with Crippen LogP contribution in [0.1, 0.15) is 38.7 Å². The highest BCUT2D eigenvalue weighted by Gasteiger charge is 2.30. The summed E-state index contributed by atoms with van der Waals surface area (Å²) in [7, 11) is 0. The van der Waals surface area contributed by atoms with Crippen molar-refractivity contribution in [3.8, 4) is 0 Å². The minimum atomic E-state index is -0.952. The van der Waals surface area contributed by atoms with E-state index in [1.165, 1.54) is 12.8 Å². The molecule has 0 atom stereocenters. The summed E-state index contributed by atoms with van der Waals surface area (Å²) < 4.78 is 0. The van der Waals surface area contributed by atoms with Gasteiger partial charge in [0.1, 0.15) is 0 Å². The summed E-state index contributed by atoms with van der Waals surface area (Å²) in [6.45, 7) is 5.48. The third-order valence-corrected chi connectivity index (χ3v) is 3.94. The second kappa shape index (κ2) is 6.99. The van der Waals surface area contributed by atoms with E-state index < -0.39 is 5.97 Å². The first-order chi connectivity index (χ1) is 9.97. The normalized spacial score (nSPS) is 14.9. The Morgan fingerprint density at radius 3 is 2.71 bits per heavy atom. The van der Waals surface area contributed by atoms with Gasteiger partial charge < -0.3 is 10.0 Å². The van der Waals surface area contributed by atoms with E-state index in [-0.39, 0.29) is 0 Å². The number of nitrogens with zero attached hydrogens (tertiary/aromatic N) is 1. The molecule has 21 heavy (non-hydrogen) atoms.